The molecule has 0 spiro atoms. The normalized spacial score (nSPS) is 14.1. The van der Waals surface area contributed by atoms with E-state index in [1.807, 2.05) is 79.7 Å². The van der Waals surface area contributed by atoms with Gasteiger partial charge in [0.2, 0.25) is 0 Å². The van der Waals surface area contributed by atoms with Gasteiger partial charge in [-0.05, 0) is 66.6 Å². The van der Waals surface area contributed by atoms with Crippen LogP contribution in [-0.4, -0.2) is 19.7 Å². The van der Waals surface area contributed by atoms with E-state index in [1.165, 1.54) is 0 Å². The largest absolute Gasteiger partial charge is 0.494 e. The van der Waals surface area contributed by atoms with Gasteiger partial charge < -0.3 is 18.9 Å². The Hall–Kier alpha value is -3.99. The minimum atomic E-state index is -0.391. The average molecular weight is 428 g/mol. The van der Waals surface area contributed by atoms with Crippen LogP contribution >= 0.6 is 0 Å². The third-order valence-electron chi connectivity index (χ3n) is 4.92. The number of hydrogen-bond acceptors (Lipinski definition) is 5. The zero-order valence-corrected chi connectivity index (χ0v) is 18.0. The van der Waals surface area contributed by atoms with Crippen molar-refractivity contribution in [2.75, 3.05) is 13.7 Å². The number of methoxy groups -OCH3 is 1. The summed E-state index contributed by atoms with van der Waals surface area (Å²) in [4.78, 5) is 12.4. The highest BCUT2D eigenvalue weighted by atomic mass is 16.5. The van der Waals surface area contributed by atoms with Gasteiger partial charge in [0, 0.05) is 5.56 Å². The molecule has 0 fully saturated rings. The molecule has 32 heavy (non-hydrogen) atoms. The number of hydrogen-bond donors (Lipinski definition) is 0. The second kappa shape index (κ2) is 9.88. The monoisotopic (exact) mass is 428 g/mol. The first kappa shape index (κ1) is 21.2. The molecule has 3 aromatic carbocycles. The predicted octanol–water partition coefficient (Wildman–Crippen LogP) is 5.65. The van der Waals surface area contributed by atoms with Crippen molar-refractivity contribution < 1.29 is 23.7 Å². The molecule has 0 aliphatic carbocycles. The first-order valence-corrected chi connectivity index (χ1v) is 10.4. The van der Waals surface area contributed by atoms with Gasteiger partial charge in [0.05, 0.1) is 19.3 Å². The lowest BCUT2D eigenvalue weighted by molar-refractivity contribution is -0.130. The third-order valence-corrected chi connectivity index (χ3v) is 4.92. The van der Waals surface area contributed by atoms with Crippen LogP contribution in [0.25, 0.3) is 11.8 Å². The van der Waals surface area contributed by atoms with Crippen molar-refractivity contribution in [2.45, 2.75) is 13.5 Å². The van der Waals surface area contributed by atoms with Gasteiger partial charge >= 0.3 is 5.97 Å². The first-order chi connectivity index (χ1) is 15.7. The van der Waals surface area contributed by atoms with Gasteiger partial charge in [0.15, 0.2) is 11.5 Å². The summed E-state index contributed by atoms with van der Waals surface area (Å²) in [6.45, 7) is 2.98. The van der Waals surface area contributed by atoms with Gasteiger partial charge in [0.1, 0.15) is 18.1 Å². The Morgan fingerprint density at radius 2 is 1.69 bits per heavy atom. The maximum atomic E-state index is 12.4. The molecule has 0 saturated heterocycles. The average Bonchev–Trinajstić information content (AvgIpc) is 3.19. The third kappa shape index (κ3) is 5.01. The van der Waals surface area contributed by atoms with Gasteiger partial charge in [-0.25, -0.2) is 4.79 Å². The van der Waals surface area contributed by atoms with E-state index in [1.54, 1.807) is 19.3 Å². The van der Waals surface area contributed by atoms with Gasteiger partial charge in [0.25, 0.3) is 0 Å². The summed E-state index contributed by atoms with van der Waals surface area (Å²) in [6, 6.07) is 22.9. The van der Waals surface area contributed by atoms with E-state index in [0.717, 1.165) is 22.4 Å². The van der Waals surface area contributed by atoms with Crippen molar-refractivity contribution in [1.82, 2.24) is 0 Å². The van der Waals surface area contributed by atoms with Crippen LogP contribution in [0, 0.1) is 0 Å². The van der Waals surface area contributed by atoms with Crippen LogP contribution in [0.1, 0.15) is 23.6 Å². The lowest BCUT2D eigenvalue weighted by Crippen LogP contribution is -1.99. The number of cyclic esters (lactones) is 1. The van der Waals surface area contributed by atoms with Crippen molar-refractivity contribution in [2.24, 2.45) is 0 Å². The summed E-state index contributed by atoms with van der Waals surface area (Å²) in [5, 5.41) is 0. The van der Waals surface area contributed by atoms with Crippen molar-refractivity contribution in [1.29, 1.82) is 0 Å². The maximum Gasteiger partial charge on any atom is 0.343 e. The molecule has 0 N–H and O–H groups in total. The number of esters is 1. The smallest absolute Gasteiger partial charge is 0.343 e. The van der Waals surface area contributed by atoms with Gasteiger partial charge in [-0.15, -0.1) is 0 Å². The molecule has 0 saturated carbocycles. The molecule has 0 bridgehead atoms. The lowest BCUT2D eigenvalue weighted by atomic mass is 10.1. The summed E-state index contributed by atoms with van der Waals surface area (Å²) in [6.07, 6.45) is 3.51. The number of rotatable bonds is 8. The summed E-state index contributed by atoms with van der Waals surface area (Å²) >= 11 is 0. The highest BCUT2D eigenvalue weighted by molar-refractivity contribution is 6.05. The Morgan fingerprint density at radius 3 is 2.41 bits per heavy atom. The summed E-state index contributed by atoms with van der Waals surface area (Å²) in [5.41, 5.74) is 3.16. The van der Waals surface area contributed by atoms with Crippen LogP contribution in [0.3, 0.4) is 0 Å². The van der Waals surface area contributed by atoms with E-state index in [4.69, 9.17) is 18.9 Å². The Kier molecular flexibility index (Phi) is 6.56. The number of ether oxygens (including phenoxy) is 4. The quantitative estimate of drug-likeness (QED) is 0.343. The summed E-state index contributed by atoms with van der Waals surface area (Å²) in [5.74, 6) is 2.13. The number of benzene rings is 3. The fourth-order valence-corrected chi connectivity index (χ4v) is 3.32. The SMILES string of the molecule is CCOc1ccc(C2=C/C(=C\c3ccc(OCc4ccccc4)c(OC)c3)C(=O)O2)cc1. The molecule has 0 radical (unpaired) electrons. The van der Waals surface area contributed by atoms with Crippen molar-refractivity contribution >= 4 is 17.8 Å². The maximum absolute atomic E-state index is 12.4. The minimum Gasteiger partial charge on any atom is -0.494 e. The van der Waals surface area contributed by atoms with E-state index >= 15 is 0 Å². The van der Waals surface area contributed by atoms with Crippen LogP contribution in [0.5, 0.6) is 17.2 Å². The number of carbonyl (C=O) groups excluding carboxylic acids is 1. The van der Waals surface area contributed by atoms with Crippen LogP contribution < -0.4 is 14.2 Å². The topological polar surface area (TPSA) is 54.0 Å². The van der Waals surface area contributed by atoms with E-state index < -0.39 is 5.97 Å². The minimum absolute atomic E-state index is 0.391. The molecular formula is C27H24O5. The molecule has 1 aliphatic heterocycles. The van der Waals surface area contributed by atoms with Gasteiger partial charge in [-0.2, -0.15) is 0 Å². The zero-order chi connectivity index (χ0) is 22.3. The second-order valence-corrected chi connectivity index (χ2v) is 7.14. The number of carbonyl (C=O) groups is 1. The standard InChI is InChI=1S/C27H24O5/c1-3-30-23-12-10-21(11-13-23)25-17-22(27(28)32-25)15-20-9-14-24(26(16-20)29-2)31-18-19-7-5-4-6-8-19/h4-17H,3,18H2,1-2H3/b22-15+. The Balaban J connectivity index is 1.51. The molecule has 1 heterocycles. The first-order valence-electron chi connectivity index (χ1n) is 10.4. The van der Waals surface area contributed by atoms with E-state index in [-0.39, 0.29) is 0 Å². The molecule has 5 heteroatoms. The molecule has 0 amide bonds. The van der Waals surface area contributed by atoms with Gasteiger partial charge in [-0.3, -0.25) is 0 Å². The molecule has 1 aliphatic rings. The fourth-order valence-electron chi connectivity index (χ4n) is 3.32. The van der Waals surface area contributed by atoms with Crippen LogP contribution in [0.15, 0.2) is 84.4 Å². The Morgan fingerprint density at radius 1 is 0.906 bits per heavy atom. The highest BCUT2D eigenvalue weighted by Crippen LogP contribution is 2.32. The van der Waals surface area contributed by atoms with E-state index in [0.29, 0.717) is 36.0 Å². The van der Waals surface area contributed by atoms with Crippen molar-refractivity contribution in [3.8, 4) is 17.2 Å². The van der Waals surface area contributed by atoms with Gasteiger partial charge in [-0.1, -0.05) is 36.4 Å². The highest BCUT2D eigenvalue weighted by Gasteiger charge is 2.22. The van der Waals surface area contributed by atoms with E-state index in [2.05, 4.69) is 0 Å². The molecular weight excluding hydrogens is 404 g/mol. The fraction of sp³-hybridized carbons (Fsp3) is 0.148. The molecule has 162 valence electrons. The zero-order valence-electron chi connectivity index (χ0n) is 18.0. The Labute approximate surface area is 187 Å². The van der Waals surface area contributed by atoms with Crippen LogP contribution in [0.4, 0.5) is 0 Å². The second-order valence-electron chi connectivity index (χ2n) is 7.14. The molecule has 3 aromatic rings. The van der Waals surface area contributed by atoms with E-state index in [9.17, 15) is 4.79 Å². The van der Waals surface area contributed by atoms with Crippen LogP contribution in [0.2, 0.25) is 0 Å². The summed E-state index contributed by atoms with van der Waals surface area (Å²) in [7, 11) is 1.59. The molecule has 0 aromatic heterocycles. The van der Waals surface area contributed by atoms with Crippen molar-refractivity contribution in [3.63, 3.8) is 0 Å². The predicted molar refractivity (Wildman–Crippen MR) is 123 cm³/mol. The Bertz CT molecular complexity index is 1140. The summed E-state index contributed by atoms with van der Waals surface area (Å²) < 4.78 is 22.3. The molecule has 0 atom stereocenters. The molecule has 4 rings (SSSR count). The van der Waals surface area contributed by atoms with Crippen LogP contribution in [-0.2, 0) is 16.1 Å². The lowest BCUT2D eigenvalue weighted by Gasteiger charge is -2.11. The van der Waals surface area contributed by atoms with Crippen molar-refractivity contribution in [3.05, 3.63) is 101 Å². The molecule has 5 nitrogen and oxygen atoms in total. The molecule has 0 unspecified atom stereocenters.